The highest BCUT2D eigenvalue weighted by atomic mass is 32.2. The lowest BCUT2D eigenvalue weighted by molar-refractivity contribution is -0.120. The van der Waals surface area contributed by atoms with Crippen LogP contribution in [0.1, 0.15) is 31.7 Å². The maximum Gasteiger partial charge on any atom is 0.243 e. The number of amides is 1. The number of carbonyl (C=O) groups is 1. The lowest BCUT2D eigenvalue weighted by Crippen LogP contribution is -2.49. The highest BCUT2D eigenvalue weighted by molar-refractivity contribution is 7.89. The Bertz CT molecular complexity index is 866. The van der Waals surface area contributed by atoms with Crippen LogP contribution in [0.3, 0.4) is 0 Å². The summed E-state index contributed by atoms with van der Waals surface area (Å²) in [5.41, 5.74) is 1.79. The number of rotatable bonds is 5. The minimum absolute atomic E-state index is 0.230. The number of hydrogen-bond donors (Lipinski definition) is 1. The van der Waals surface area contributed by atoms with Gasteiger partial charge in [0, 0.05) is 12.2 Å². The van der Waals surface area contributed by atoms with Crippen LogP contribution in [0.25, 0.3) is 0 Å². The maximum atomic E-state index is 13.0. The summed E-state index contributed by atoms with van der Waals surface area (Å²) >= 11 is 0. The topological polar surface area (TPSA) is 66.5 Å². The molecule has 6 heteroatoms. The van der Waals surface area contributed by atoms with Crippen molar-refractivity contribution >= 4 is 21.6 Å². The first-order valence-electron chi connectivity index (χ1n) is 8.99. The zero-order valence-electron chi connectivity index (χ0n) is 14.9. The summed E-state index contributed by atoms with van der Waals surface area (Å²) in [4.78, 5) is 13.1. The standard InChI is InChI=1S/C20H24N2O3S/c1-2-16-10-6-7-13-18(16)21-20(23)19-14-8-9-15-22(19)26(24,25)17-11-4-3-5-12-17/h3-7,10-13,19H,2,8-9,14-15H2,1H3,(H,21,23)/t19-/m0/s1. The number of nitrogens with one attached hydrogen (secondary N) is 1. The molecule has 1 atom stereocenters. The third-order valence-electron chi connectivity index (χ3n) is 4.76. The van der Waals surface area contributed by atoms with Crippen LogP contribution in [0.15, 0.2) is 59.5 Å². The van der Waals surface area contributed by atoms with Crippen LogP contribution in [0.2, 0.25) is 0 Å². The molecule has 5 nitrogen and oxygen atoms in total. The van der Waals surface area contributed by atoms with Crippen molar-refractivity contribution < 1.29 is 13.2 Å². The number of sulfonamides is 1. The van der Waals surface area contributed by atoms with E-state index in [-0.39, 0.29) is 10.8 Å². The van der Waals surface area contributed by atoms with Crippen molar-refractivity contribution in [2.75, 3.05) is 11.9 Å². The normalized spacial score (nSPS) is 18.4. The molecule has 3 rings (SSSR count). The van der Waals surface area contributed by atoms with Crippen LogP contribution >= 0.6 is 0 Å². The molecule has 1 amide bonds. The summed E-state index contributed by atoms with van der Waals surface area (Å²) in [6.45, 7) is 2.39. The van der Waals surface area contributed by atoms with Gasteiger partial charge < -0.3 is 5.32 Å². The predicted octanol–water partition coefficient (Wildman–Crippen LogP) is 3.43. The molecule has 0 aliphatic carbocycles. The zero-order chi connectivity index (χ0) is 18.6. The maximum absolute atomic E-state index is 13.0. The van der Waals surface area contributed by atoms with Crippen molar-refractivity contribution in [1.82, 2.24) is 4.31 Å². The van der Waals surface area contributed by atoms with E-state index in [1.165, 1.54) is 4.31 Å². The third kappa shape index (κ3) is 3.81. The fraction of sp³-hybridized carbons (Fsp3) is 0.350. The van der Waals surface area contributed by atoms with Gasteiger partial charge >= 0.3 is 0 Å². The summed E-state index contributed by atoms with van der Waals surface area (Å²) < 4.78 is 27.4. The number of piperidine rings is 1. The molecule has 1 heterocycles. The molecule has 0 radical (unpaired) electrons. The third-order valence-corrected chi connectivity index (χ3v) is 6.68. The first kappa shape index (κ1) is 18.6. The molecule has 0 unspecified atom stereocenters. The fourth-order valence-corrected chi connectivity index (χ4v) is 5.03. The molecule has 138 valence electrons. The summed E-state index contributed by atoms with van der Waals surface area (Å²) in [5.74, 6) is -0.259. The van der Waals surface area contributed by atoms with Crippen molar-refractivity contribution in [3.8, 4) is 0 Å². The number of para-hydroxylation sites is 1. The Kier molecular flexibility index (Phi) is 5.74. The van der Waals surface area contributed by atoms with Gasteiger partial charge in [-0.1, -0.05) is 49.7 Å². The first-order valence-corrected chi connectivity index (χ1v) is 10.4. The Morgan fingerprint density at radius 1 is 1.08 bits per heavy atom. The summed E-state index contributed by atoms with van der Waals surface area (Å²) in [6, 6.07) is 15.3. The molecule has 26 heavy (non-hydrogen) atoms. The summed E-state index contributed by atoms with van der Waals surface area (Å²) in [6.07, 6.45) is 2.94. The molecular formula is C20H24N2O3S. The molecule has 1 fully saturated rings. The number of benzene rings is 2. The van der Waals surface area contributed by atoms with E-state index in [2.05, 4.69) is 5.32 Å². The van der Waals surface area contributed by atoms with E-state index in [0.29, 0.717) is 13.0 Å². The molecule has 0 saturated carbocycles. The molecule has 1 aliphatic rings. The van der Waals surface area contributed by atoms with Gasteiger partial charge in [-0.3, -0.25) is 4.79 Å². The van der Waals surface area contributed by atoms with Gasteiger partial charge in [0.05, 0.1) is 4.90 Å². The second-order valence-corrected chi connectivity index (χ2v) is 8.33. The lowest BCUT2D eigenvalue weighted by Gasteiger charge is -2.33. The quantitative estimate of drug-likeness (QED) is 0.874. The van der Waals surface area contributed by atoms with Crippen molar-refractivity contribution in [3.05, 3.63) is 60.2 Å². The van der Waals surface area contributed by atoms with Crippen LogP contribution in [0, 0.1) is 0 Å². The molecule has 0 spiro atoms. The smallest absolute Gasteiger partial charge is 0.243 e. The van der Waals surface area contributed by atoms with E-state index < -0.39 is 16.1 Å². The fourth-order valence-electron chi connectivity index (χ4n) is 3.35. The molecule has 0 aromatic heterocycles. The van der Waals surface area contributed by atoms with Crippen molar-refractivity contribution in [2.45, 2.75) is 43.5 Å². The van der Waals surface area contributed by atoms with Crippen molar-refractivity contribution in [1.29, 1.82) is 0 Å². The van der Waals surface area contributed by atoms with Gasteiger partial charge in [-0.25, -0.2) is 8.42 Å². The Labute approximate surface area is 155 Å². The minimum Gasteiger partial charge on any atom is -0.324 e. The number of hydrogen-bond acceptors (Lipinski definition) is 3. The van der Waals surface area contributed by atoms with Gasteiger partial charge in [-0.05, 0) is 43.0 Å². The van der Waals surface area contributed by atoms with Gasteiger partial charge in [-0.15, -0.1) is 0 Å². The van der Waals surface area contributed by atoms with Gasteiger partial charge in [0.1, 0.15) is 6.04 Å². The predicted molar refractivity (Wildman–Crippen MR) is 102 cm³/mol. The van der Waals surface area contributed by atoms with E-state index in [4.69, 9.17) is 0 Å². The largest absolute Gasteiger partial charge is 0.324 e. The highest BCUT2D eigenvalue weighted by Crippen LogP contribution is 2.27. The van der Waals surface area contributed by atoms with Crippen molar-refractivity contribution in [2.24, 2.45) is 0 Å². The number of nitrogens with zero attached hydrogens (tertiary/aromatic N) is 1. The van der Waals surface area contributed by atoms with Crippen LogP contribution < -0.4 is 5.32 Å². The summed E-state index contributed by atoms with van der Waals surface area (Å²) in [7, 11) is -3.69. The van der Waals surface area contributed by atoms with E-state index in [9.17, 15) is 13.2 Å². The number of anilines is 1. The Morgan fingerprint density at radius 3 is 2.50 bits per heavy atom. The van der Waals surface area contributed by atoms with Gasteiger partial charge in [-0.2, -0.15) is 4.31 Å². The van der Waals surface area contributed by atoms with E-state index in [0.717, 1.165) is 30.5 Å². The number of carbonyl (C=O) groups excluding carboxylic acids is 1. The van der Waals surface area contributed by atoms with E-state index in [1.807, 2.05) is 31.2 Å². The second-order valence-electron chi connectivity index (χ2n) is 6.44. The Morgan fingerprint density at radius 2 is 1.77 bits per heavy atom. The first-order chi connectivity index (χ1) is 12.5. The molecule has 1 N–H and O–H groups in total. The lowest BCUT2D eigenvalue weighted by atomic mass is 10.0. The van der Waals surface area contributed by atoms with E-state index >= 15 is 0 Å². The molecule has 1 aliphatic heterocycles. The molecule has 0 bridgehead atoms. The van der Waals surface area contributed by atoms with Crippen LogP contribution in [-0.2, 0) is 21.2 Å². The summed E-state index contributed by atoms with van der Waals surface area (Å²) in [5, 5.41) is 2.94. The SMILES string of the molecule is CCc1ccccc1NC(=O)[C@@H]1CCCCN1S(=O)(=O)c1ccccc1. The monoisotopic (exact) mass is 372 g/mol. The van der Waals surface area contributed by atoms with Gasteiger partial charge in [0.2, 0.25) is 15.9 Å². The van der Waals surface area contributed by atoms with E-state index in [1.54, 1.807) is 30.3 Å². The number of aryl methyl sites for hydroxylation is 1. The molecule has 1 saturated heterocycles. The highest BCUT2D eigenvalue weighted by Gasteiger charge is 2.37. The molecular weight excluding hydrogens is 348 g/mol. The Balaban J connectivity index is 1.86. The average molecular weight is 372 g/mol. The minimum atomic E-state index is -3.69. The Hall–Kier alpha value is -2.18. The van der Waals surface area contributed by atoms with Gasteiger partial charge in [0.25, 0.3) is 0 Å². The average Bonchev–Trinajstić information content (AvgIpc) is 2.69. The zero-order valence-corrected chi connectivity index (χ0v) is 15.7. The second kappa shape index (κ2) is 8.01. The van der Waals surface area contributed by atoms with Crippen LogP contribution in [0.5, 0.6) is 0 Å². The van der Waals surface area contributed by atoms with Gasteiger partial charge in [0.15, 0.2) is 0 Å². The molecule has 2 aromatic carbocycles. The van der Waals surface area contributed by atoms with Crippen LogP contribution in [-0.4, -0.2) is 31.2 Å². The van der Waals surface area contributed by atoms with Crippen LogP contribution in [0.4, 0.5) is 5.69 Å². The van der Waals surface area contributed by atoms with Crippen molar-refractivity contribution in [3.63, 3.8) is 0 Å². The molecule has 2 aromatic rings.